The van der Waals surface area contributed by atoms with E-state index < -0.39 is 24.0 Å². The summed E-state index contributed by atoms with van der Waals surface area (Å²) in [4.78, 5) is 39.6. The molecule has 1 aromatic heterocycles. The number of thiazole rings is 1. The van der Waals surface area contributed by atoms with E-state index in [0.717, 1.165) is 14.6 Å². The number of benzene rings is 1. The van der Waals surface area contributed by atoms with E-state index in [1.165, 1.54) is 18.7 Å². The topological polar surface area (TPSA) is 97.4 Å². The monoisotopic (exact) mass is 395 g/mol. The summed E-state index contributed by atoms with van der Waals surface area (Å²) < 4.78 is 7.04. The second kappa shape index (κ2) is 9.54. The van der Waals surface area contributed by atoms with Gasteiger partial charge < -0.3 is 10.1 Å². The third kappa shape index (κ3) is 6.30. The van der Waals surface area contributed by atoms with Gasteiger partial charge in [-0.3, -0.25) is 14.9 Å². The number of para-hydroxylation sites is 1. The van der Waals surface area contributed by atoms with Crippen LogP contribution in [0.5, 0.6) is 0 Å². The summed E-state index contributed by atoms with van der Waals surface area (Å²) in [6.07, 6.45) is -0.885. The number of carbonyl (C=O) groups excluding carboxylic acids is 3. The van der Waals surface area contributed by atoms with Gasteiger partial charge in [-0.1, -0.05) is 23.9 Å². The second-order valence-electron chi connectivity index (χ2n) is 5.80. The first-order chi connectivity index (χ1) is 12.3. The molecule has 1 atom stereocenters. The Balaban J connectivity index is 1.72. The lowest BCUT2D eigenvalue weighted by Gasteiger charge is -2.14. The van der Waals surface area contributed by atoms with Gasteiger partial charge in [0.1, 0.15) is 0 Å². The summed E-state index contributed by atoms with van der Waals surface area (Å²) >= 11 is 3.04. The van der Waals surface area contributed by atoms with Crippen LogP contribution in [-0.4, -0.2) is 40.8 Å². The van der Waals surface area contributed by atoms with Crippen LogP contribution in [0.3, 0.4) is 0 Å². The molecule has 0 bridgehead atoms. The molecule has 0 saturated heterocycles. The zero-order chi connectivity index (χ0) is 19.1. The van der Waals surface area contributed by atoms with Gasteiger partial charge in [0.15, 0.2) is 10.4 Å². The summed E-state index contributed by atoms with van der Waals surface area (Å²) in [5.41, 5.74) is 0.938. The Hall–Kier alpha value is -2.13. The molecule has 0 radical (unpaired) electrons. The first kappa shape index (κ1) is 20.2. The van der Waals surface area contributed by atoms with Crippen LogP contribution in [-0.2, 0) is 14.3 Å². The SMILES string of the molecule is CC(C)NC(=O)NC(=O)[C@H](C)OC(=O)CCSc1nc2ccccc2s1. The van der Waals surface area contributed by atoms with Crippen LogP contribution in [0.2, 0.25) is 0 Å². The molecule has 2 aromatic rings. The number of hydrogen-bond donors (Lipinski definition) is 2. The smallest absolute Gasteiger partial charge is 0.321 e. The number of esters is 1. The van der Waals surface area contributed by atoms with E-state index in [2.05, 4.69) is 15.6 Å². The third-order valence-electron chi connectivity index (χ3n) is 3.14. The summed E-state index contributed by atoms with van der Waals surface area (Å²) in [5, 5.41) is 4.66. The standard InChI is InChI=1S/C17H21N3O4S2/c1-10(2)18-16(23)20-15(22)11(3)24-14(21)8-9-25-17-19-12-6-4-5-7-13(12)26-17/h4-7,10-11H,8-9H2,1-3H3,(H2,18,20,22,23)/t11-/m0/s1. The van der Waals surface area contributed by atoms with E-state index in [4.69, 9.17) is 4.74 Å². The number of urea groups is 1. The largest absolute Gasteiger partial charge is 0.453 e. The number of nitrogens with one attached hydrogen (secondary N) is 2. The molecule has 1 heterocycles. The minimum atomic E-state index is -1.03. The van der Waals surface area contributed by atoms with Gasteiger partial charge in [0.05, 0.1) is 16.6 Å². The number of ether oxygens (including phenoxy) is 1. The summed E-state index contributed by atoms with van der Waals surface area (Å²) in [6.45, 7) is 4.98. The average Bonchev–Trinajstić information content (AvgIpc) is 2.96. The molecule has 0 aliphatic carbocycles. The molecular formula is C17H21N3O4S2. The molecule has 26 heavy (non-hydrogen) atoms. The Bertz CT molecular complexity index is 758. The lowest BCUT2D eigenvalue weighted by Crippen LogP contribution is -2.46. The molecule has 0 saturated carbocycles. The van der Waals surface area contributed by atoms with E-state index >= 15 is 0 Å². The first-order valence-electron chi connectivity index (χ1n) is 8.14. The van der Waals surface area contributed by atoms with Crippen LogP contribution in [0.15, 0.2) is 28.6 Å². The quantitative estimate of drug-likeness (QED) is 0.553. The van der Waals surface area contributed by atoms with Gasteiger partial charge in [0.25, 0.3) is 5.91 Å². The van der Waals surface area contributed by atoms with Crippen molar-refractivity contribution in [3.05, 3.63) is 24.3 Å². The minimum absolute atomic E-state index is 0.0970. The Labute approximate surface area is 159 Å². The number of carbonyl (C=O) groups is 3. The van der Waals surface area contributed by atoms with Crippen LogP contribution >= 0.6 is 23.1 Å². The van der Waals surface area contributed by atoms with Gasteiger partial charge in [0.2, 0.25) is 0 Å². The van der Waals surface area contributed by atoms with Gasteiger partial charge in [-0.05, 0) is 32.9 Å². The van der Waals surface area contributed by atoms with Crippen molar-refractivity contribution >= 4 is 51.2 Å². The van der Waals surface area contributed by atoms with E-state index in [-0.39, 0.29) is 12.5 Å². The molecule has 1 aromatic carbocycles. The van der Waals surface area contributed by atoms with Crippen molar-refractivity contribution < 1.29 is 19.1 Å². The summed E-state index contributed by atoms with van der Waals surface area (Å²) in [7, 11) is 0. The lowest BCUT2D eigenvalue weighted by molar-refractivity contribution is -0.154. The number of amides is 3. The van der Waals surface area contributed by atoms with Gasteiger partial charge in [-0.2, -0.15) is 0 Å². The van der Waals surface area contributed by atoms with Gasteiger partial charge in [-0.25, -0.2) is 9.78 Å². The Morgan fingerprint density at radius 2 is 1.96 bits per heavy atom. The predicted molar refractivity (Wildman–Crippen MR) is 102 cm³/mol. The fraction of sp³-hybridized carbons (Fsp3) is 0.412. The van der Waals surface area contributed by atoms with E-state index in [9.17, 15) is 14.4 Å². The van der Waals surface area contributed by atoms with Gasteiger partial charge in [-0.15, -0.1) is 11.3 Å². The Kier molecular flexibility index (Phi) is 7.40. The van der Waals surface area contributed by atoms with Crippen LogP contribution in [0, 0.1) is 0 Å². The highest BCUT2D eigenvalue weighted by Crippen LogP contribution is 2.29. The predicted octanol–water partition coefficient (Wildman–Crippen LogP) is 2.94. The number of imide groups is 1. The molecule has 140 valence electrons. The van der Waals surface area contributed by atoms with Crippen molar-refractivity contribution in [2.24, 2.45) is 0 Å². The Morgan fingerprint density at radius 1 is 1.23 bits per heavy atom. The number of fused-ring (bicyclic) bond motifs is 1. The summed E-state index contributed by atoms with van der Waals surface area (Å²) in [6, 6.07) is 7.13. The van der Waals surface area contributed by atoms with Crippen molar-refractivity contribution in [3.63, 3.8) is 0 Å². The number of thioether (sulfide) groups is 1. The summed E-state index contributed by atoms with van der Waals surface area (Å²) in [5.74, 6) is -0.651. The van der Waals surface area contributed by atoms with Crippen LogP contribution < -0.4 is 10.6 Å². The number of hydrogen-bond acceptors (Lipinski definition) is 7. The number of aromatic nitrogens is 1. The van der Waals surface area contributed by atoms with Crippen LogP contribution in [0.25, 0.3) is 10.2 Å². The molecular weight excluding hydrogens is 374 g/mol. The van der Waals surface area contributed by atoms with E-state index in [1.54, 1.807) is 25.2 Å². The highest BCUT2D eigenvalue weighted by molar-refractivity contribution is 8.01. The molecule has 7 nitrogen and oxygen atoms in total. The average molecular weight is 396 g/mol. The van der Waals surface area contributed by atoms with Crippen LogP contribution in [0.4, 0.5) is 4.79 Å². The minimum Gasteiger partial charge on any atom is -0.453 e. The van der Waals surface area contributed by atoms with Crippen molar-refractivity contribution in [3.8, 4) is 0 Å². The van der Waals surface area contributed by atoms with Gasteiger partial charge >= 0.3 is 12.0 Å². The molecule has 0 fully saturated rings. The molecule has 0 aliphatic rings. The molecule has 0 aliphatic heterocycles. The van der Waals surface area contributed by atoms with Crippen molar-refractivity contribution in [1.82, 2.24) is 15.6 Å². The normalized spacial score (nSPS) is 12.0. The van der Waals surface area contributed by atoms with Gasteiger partial charge in [0, 0.05) is 11.8 Å². The fourth-order valence-electron chi connectivity index (χ4n) is 1.96. The lowest BCUT2D eigenvalue weighted by atomic mass is 10.3. The second-order valence-corrected chi connectivity index (χ2v) is 8.17. The molecule has 0 spiro atoms. The first-order valence-corrected chi connectivity index (χ1v) is 9.94. The zero-order valence-corrected chi connectivity index (χ0v) is 16.4. The maximum Gasteiger partial charge on any atom is 0.321 e. The molecule has 3 amide bonds. The highest BCUT2D eigenvalue weighted by Gasteiger charge is 2.20. The third-order valence-corrected chi connectivity index (χ3v) is 5.32. The number of rotatable bonds is 7. The van der Waals surface area contributed by atoms with Crippen molar-refractivity contribution in [1.29, 1.82) is 0 Å². The van der Waals surface area contributed by atoms with Crippen molar-refractivity contribution in [2.75, 3.05) is 5.75 Å². The molecule has 2 rings (SSSR count). The molecule has 0 unspecified atom stereocenters. The fourth-order valence-corrected chi connectivity index (χ4v) is 4.01. The highest BCUT2D eigenvalue weighted by atomic mass is 32.2. The van der Waals surface area contributed by atoms with E-state index in [1.807, 2.05) is 24.3 Å². The zero-order valence-electron chi connectivity index (χ0n) is 14.8. The number of nitrogens with zero attached hydrogens (tertiary/aromatic N) is 1. The maximum absolute atomic E-state index is 11.9. The molecule has 2 N–H and O–H groups in total. The van der Waals surface area contributed by atoms with Crippen LogP contribution in [0.1, 0.15) is 27.2 Å². The van der Waals surface area contributed by atoms with Crippen molar-refractivity contribution in [2.45, 2.75) is 43.7 Å². The Morgan fingerprint density at radius 3 is 2.65 bits per heavy atom. The van der Waals surface area contributed by atoms with E-state index in [0.29, 0.717) is 5.75 Å². The maximum atomic E-state index is 11.9. The molecule has 9 heteroatoms.